The molecule has 1 rings (SSSR count). The number of aryl methyl sites for hydroxylation is 1. The zero-order valence-electron chi connectivity index (χ0n) is 9.10. The third-order valence-corrected chi connectivity index (χ3v) is 2.76. The van der Waals surface area contributed by atoms with Crippen LogP contribution in [-0.4, -0.2) is 6.54 Å². The zero-order valence-corrected chi connectivity index (χ0v) is 9.86. The summed E-state index contributed by atoms with van der Waals surface area (Å²) in [5.41, 5.74) is 2.40. The Morgan fingerprint density at radius 1 is 1.43 bits per heavy atom. The van der Waals surface area contributed by atoms with Crippen molar-refractivity contribution in [1.82, 2.24) is 0 Å². The van der Waals surface area contributed by atoms with Gasteiger partial charge in [0.05, 0.1) is 0 Å². The van der Waals surface area contributed by atoms with Crippen molar-refractivity contribution >= 4 is 17.3 Å². The first kappa shape index (κ1) is 11.4. The number of anilines is 1. The summed E-state index contributed by atoms with van der Waals surface area (Å²) in [4.78, 5) is 0. The molecular formula is C12H18ClN. The van der Waals surface area contributed by atoms with E-state index in [1.54, 1.807) is 0 Å². The van der Waals surface area contributed by atoms with E-state index in [-0.39, 0.29) is 0 Å². The maximum Gasteiger partial charge on any atom is 0.0410 e. The molecule has 0 fully saturated rings. The quantitative estimate of drug-likeness (QED) is 0.791. The number of hydrogen-bond acceptors (Lipinski definition) is 1. The molecule has 0 amide bonds. The Kier molecular flexibility index (Phi) is 4.27. The molecule has 1 aromatic rings. The first-order valence-electron chi connectivity index (χ1n) is 5.13. The van der Waals surface area contributed by atoms with E-state index >= 15 is 0 Å². The third-order valence-electron chi connectivity index (χ3n) is 2.53. The van der Waals surface area contributed by atoms with Gasteiger partial charge in [-0.2, -0.15) is 0 Å². The van der Waals surface area contributed by atoms with Crippen molar-refractivity contribution in [2.75, 3.05) is 11.9 Å². The lowest BCUT2D eigenvalue weighted by molar-refractivity contribution is 0.593. The fraction of sp³-hybridized carbons (Fsp3) is 0.500. The Bertz CT molecular complexity index is 296. The SMILES string of the molecule is CCC(C)CNc1ccc(Cl)cc1C. The molecule has 0 aliphatic carbocycles. The molecule has 1 N–H and O–H groups in total. The third kappa shape index (κ3) is 3.22. The molecular weight excluding hydrogens is 194 g/mol. The monoisotopic (exact) mass is 211 g/mol. The minimum atomic E-state index is 0.713. The predicted molar refractivity (Wildman–Crippen MR) is 64.1 cm³/mol. The first-order chi connectivity index (χ1) is 6.63. The van der Waals surface area contributed by atoms with Crippen molar-refractivity contribution in [3.05, 3.63) is 28.8 Å². The minimum Gasteiger partial charge on any atom is -0.385 e. The largest absolute Gasteiger partial charge is 0.385 e. The average Bonchev–Trinajstić information content (AvgIpc) is 2.16. The molecule has 0 saturated heterocycles. The van der Waals surface area contributed by atoms with Crippen molar-refractivity contribution in [2.24, 2.45) is 5.92 Å². The Balaban J connectivity index is 2.59. The molecule has 0 aliphatic heterocycles. The van der Waals surface area contributed by atoms with E-state index < -0.39 is 0 Å². The molecule has 0 radical (unpaired) electrons. The molecule has 0 saturated carbocycles. The van der Waals surface area contributed by atoms with E-state index in [0.717, 1.165) is 11.6 Å². The standard InChI is InChI=1S/C12H18ClN/c1-4-9(2)8-14-12-6-5-11(13)7-10(12)3/h5-7,9,14H,4,8H2,1-3H3. The van der Waals surface area contributed by atoms with Crippen LogP contribution in [0.25, 0.3) is 0 Å². The van der Waals surface area contributed by atoms with Crippen LogP contribution in [0.15, 0.2) is 18.2 Å². The Morgan fingerprint density at radius 3 is 2.71 bits per heavy atom. The van der Waals surface area contributed by atoms with E-state index in [1.165, 1.54) is 17.7 Å². The van der Waals surface area contributed by atoms with Gasteiger partial charge < -0.3 is 5.32 Å². The van der Waals surface area contributed by atoms with Crippen molar-refractivity contribution in [3.63, 3.8) is 0 Å². The fourth-order valence-electron chi connectivity index (χ4n) is 1.25. The molecule has 0 aliphatic rings. The minimum absolute atomic E-state index is 0.713. The highest BCUT2D eigenvalue weighted by Crippen LogP contribution is 2.19. The molecule has 78 valence electrons. The van der Waals surface area contributed by atoms with Crippen LogP contribution in [0.3, 0.4) is 0 Å². The smallest absolute Gasteiger partial charge is 0.0410 e. The highest BCUT2D eigenvalue weighted by atomic mass is 35.5. The highest BCUT2D eigenvalue weighted by Gasteiger charge is 2.01. The van der Waals surface area contributed by atoms with Crippen molar-refractivity contribution in [3.8, 4) is 0 Å². The molecule has 1 aromatic carbocycles. The van der Waals surface area contributed by atoms with Crippen LogP contribution in [0.1, 0.15) is 25.8 Å². The van der Waals surface area contributed by atoms with Crippen molar-refractivity contribution in [1.29, 1.82) is 0 Å². The van der Waals surface area contributed by atoms with Gasteiger partial charge in [0, 0.05) is 17.3 Å². The second-order valence-corrected chi connectivity index (χ2v) is 4.29. The van der Waals surface area contributed by atoms with E-state index in [2.05, 4.69) is 26.1 Å². The van der Waals surface area contributed by atoms with Crippen molar-refractivity contribution in [2.45, 2.75) is 27.2 Å². The molecule has 1 unspecified atom stereocenters. The van der Waals surface area contributed by atoms with Crippen LogP contribution in [0.2, 0.25) is 5.02 Å². The van der Waals surface area contributed by atoms with Crippen LogP contribution < -0.4 is 5.32 Å². The molecule has 2 heteroatoms. The molecule has 1 nitrogen and oxygen atoms in total. The fourth-order valence-corrected chi connectivity index (χ4v) is 1.48. The number of rotatable bonds is 4. The second-order valence-electron chi connectivity index (χ2n) is 3.85. The normalized spacial score (nSPS) is 12.6. The summed E-state index contributed by atoms with van der Waals surface area (Å²) in [5.74, 6) is 0.713. The highest BCUT2D eigenvalue weighted by molar-refractivity contribution is 6.30. The first-order valence-corrected chi connectivity index (χ1v) is 5.51. The van der Waals surface area contributed by atoms with Crippen LogP contribution in [0.4, 0.5) is 5.69 Å². The lowest BCUT2D eigenvalue weighted by atomic mass is 10.1. The average molecular weight is 212 g/mol. The van der Waals surface area contributed by atoms with Crippen LogP contribution in [0, 0.1) is 12.8 Å². The van der Waals surface area contributed by atoms with Gasteiger partial charge in [-0.3, -0.25) is 0 Å². The number of hydrogen-bond donors (Lipinski definition) is 1. The van der Waals surface area contributed by atoms with Crippen LogP contribution in [-0.2, 0) is 0 Å². The summed E-state index contributed by atoms with van der Waals surface area (Å²) in [5, 5.41) is 4.23. The molecule has 14 heavy (non-hydrogen) atoms. The zero-order chi connectivity index (χ0) is 10.6. The van der Waals surface area contributed by atoms with Gasteiger partial charge in [0.15, 0.2) is 0 Å². The second kappa shape index (κ2) is 5.26. The van der Waals surface area contributed by atoms with E-state index in [1.807, 2.05) is 18.2 Å². The van der Waals surface area contributed by atoms with Crippen LogP contribution in [0.5, 0.6) is 0 Å². The van der Waals surface area contributed by atoms with E-state index in [4.69, 9.17) is 11.6 Å². The Labute approximate surface area is 91.5 Å². The van der Waals surface area contributed by atoms with Crippen LogP contribution >= 0.6 is 11.6 Å². The maximum atomic E-state index is 5.88. The number of nitrogens with one attached hydrogen (secondary N) is 1. The van der Waals surface area contributed by atoms with E-state index in [0.29, 0.717) is 5.92 Å². The Hall–Kier alpha value is -0.690. The summed E-state index contributed by atoms with van der Waals surface area (Å²) in [6.07, 6.45) is 1.21. The molecule has 0 bridgehead atoms. The van der Waals surface area contributed by atoms with Gasteiger partial charge in [-0.15, -0.1) is 0 Å². The van der Waals surface area contributed by atoms with Gasteiger partial charge in [-0.25, -0.2) is 0 Å². The molecule has 1 atom stereocenters. The Morgan fingerprint density at radius 2 is 2.14 bits per heavy atom. The van der Waals surface area contributed by atoms with Gasteiger partial charge in [0.25, 0.3) is 0 Å². The summed E-state index contributed by atoms with van der Waals surface area (Å²) < 4.78 is 0. The predicted octanol–water partition coefficient (Wildman–Crippen LogP) is 4.11. The van der Waals surface area contributed by atoms with Gasteiger partial charge in [-0.1, -0.05) is 31.9 Å². The lowest BCUT2D eigenvalue weighted by Crippen LogP contribution is -2.10. The van der Waals surface area contributed by atoms with Gasteiger partial charge in [0.2, 0.25) is 0 Å². The summed E-state index contributed by atoms with van der Waals surface area (Å²) in [6.45, 7) is 7.56. The summed E-state index contributed by atoms with van der Waals surface area (Å²) in [6, 6.07) is 5.95. The summed E-state index contributed by atoms with van der Waals surface area (Å²) in [7, 11) is 0. The maximum absolute atomic E-state index is 5.88. The lowest BCUT2D eigenvalue weighted by Gasteiger charge is -2.13. The number of halogens is 1. The van der Waals surface area contributed by atoms with Gasteiger partial charge in [0.1, 0.15) is 0 Å². The van der Waals surface area contributed by atoms with Gasteiger partial charge in [-0.05, 0) is 36.6 Å². The molecule has 0 spiro atoms. The molecule has 0 aromatic heterocycles. The van der Waals surface area contributed by atoms with E-state index in [9.17, 15) is 0 Å². The molecule has 0 heterocycles. The summed E-state index contributed by atoms with van der Waals surface area (Å²) >= 11 is 5.88. The van der Waals surface area contributed by atoms with Gasteiger partial charge >= 0.3 is 0 Å². The van der Waals surface area contributed by atoms with Crippen molar-refractivity contribution < 1.29 is 0 Å². The topological polar surface area (TPSA) is 12.0 Å². The number of benzene rings is 1.